The summed E-state index contributed by atoms with van der Waals surface area (Å²) < 4.78 is 16.4. The molecule has 0 fully saturated rings. The molecule has 0 saturated carbocycles. The Balaban J connectivity index is 2.88. The van der Waals surface area contributed by atoms with Crippen LogP contribution in [0.4, 0.5) is 5.69 Å². The Labute approximate surface area is 200 Å². The molecule has 1 N–H and O–H groups in total. The summed E-state index contributed by atoms with van der Waals surface area (Å²) in [5.74, 6) is 1.67. The van der Waals surface area contributed by atoms with Crippen LogP contribution in [0.1, 0.15) is 91.9 Å². The lowest BCUT2D eigenvalue weighted by molar-refractivity contribution is -0.116. The van der Waals surface area contributed by atoms with Gasteiger partial charge < -0.3 is 19.5 Å². The minimum Gasteiger partial charge on any atom is -0.496 e. The Hall–Kier alpha value is -1.56. The molecule has 6 heteroatoms. The number of hydrogen-bond acceptors (Lipinski definition) is 5. The third-order valence-electron chi connectivity index (χ3n) is 5.64. The summed E-state index contributed by atoms with van der Waals surface area (Å²) in [4.78, 5) is 13.1. The molecule has 0 spiro atoms. The number of hydrogen-bond donors (Lipinski definition) is 1. The maximum absolute atomic E-state index is 13.1. The number of carbonyl (C=O) groups excluding carboxylic acids is 1. The fraction of sp³-hybridized carbons (Fsp3) is 0.731. The Kier molecular flexibility index (Phi) is 13.6. The molecule has 32 heavy (non-hydrogen) atoms. The molecule has 1 aromatic carbocycles. The van der Waals surface area contributed by atoms with Gasteiger partial charge in [-0.25, -0.2) is 0 Å². The van der Waals surface area contributed by atoms with Crippen molar-refractivity contribution in [3.05, 3.63) is 12.1 Å². The van der Waals surface area contributed by atoms with E-state index in [1.807, 2.05) is 11.8 Å². The summed E-state index contributed by atoms with van der Waals surface area (Å²) >= 11 is 1.98. The molecule has 0 saturated heterocycles. The lowest BCUT2D eigenvalue weighted by Crippen LogP contribution is -2.25. The third-order valence-corrected chi connectivity index (χ3v) is 7.22. The van der Waals surface area contributed by atoms with Crippen molar-refractivity contribution in [1.82, 2.24) is 0 Å². The lowest BCUT2D eigenvalue weighted by Gasteiger charge is -2.29. The predicted octanol–water partition coefficient (Wildman–Crippen LogP) is 7.47. The van der Waals surface area contributed by atoms with Gasteiger partial charge in [0.2, 0.25) is 5.91 Å². The van der Waals surface area contributed by atoms with Crippen LogP contribution in [0.3, 0.4) is 0 Å². The molecular formula is C26H45NO4S. The molecule has 1 unspecified atom stereocenters. The lowest BCUT2D eigenvalue weighted by atomic mass is 10.0. The highest BCUT2D eigenvalue weighted by atomic mass is 32.2. The molecule has 1 amide bonds. The number of anilines is 1. The Morgan fingerprint density at radius 2 is 1.53 bits per heavy atom. The van der Waals surface area contributed by atoms with Crippen molar-refractivity contribution in [2.75, 3.05) is 26.6 Å². The standard InChI is InChI=1S/C26H45NO4S/c1-8-10-12-14-16-26(3,4)32-21(15-13-11-9-2)19-24(28)27-25-22(30-6)17-20(29-5)18-23(25)31-7/h17-18,21H,8-16,19H2,1-7H3,(H,27,28). The quantitative estimate of drug-likeness (QED) is 0.241. The van der Waals surface area contributed by atoms with Crippen LogP contribution in [0, 0.1) is 0 Å². The van der Waals surface area contributed by atoms with Crippen LogP contribution in [0.2, 0.25) is 0 Å². The molecule has 0 aromatic heterocycles. The zero-order valence-electron chi connectivity index (χ0n) is 21.3. The first-order valence-corrected chi connectivity index (χ1v) is 13.0. The molecule has 184 valence electrons. The van der Waals surface area contributed by atoms with E-state index < -0.39 is 0 Å². The summed E-state index contributed by atoms with van der Waals surface area (Å²) in [5.41, 5.74) is 0.553. The molecule has 0 radical (unpaired) electrons. The smallest absolute Gasteiger partial charge is 0.225 e. The maximum atomic E-state index is 13.1. The van der Waals surface area contributed by atoms with Crippen molar-refractivity contribution in [2.24, 2.45) is 0 Å². The van der Waals surface area contributed by atoms with E-state index >= 15 is 0 Å². The Morgan fingerprint density at radius 1 is 0.938 bits per heavy atom. The largest absolute Gasteiger partial charge is 0.496 e. The van der Waals surface area contributed by atoms with E-state index in [1.165, 1.54) is 44.9 Å². The number of thioether (sulfide) groups is 1. The number of benzene rings is 1. The van der Waals surface area contributed by atoms with Crippen LogP contribution in [-0.2, 0) is 4.79 Å². The van der Waals surface area contributed by atoms with Gasteiger partial charge in [0.25, 0.3) is 0 Å². The first-order valence-electron chi connectivity index (χ1n) is 12.1. The highest BCUT2D eigenvalue weighted by Gasteiger charge is 2.26. The van der Waals surface area contributed by atoms with Gasteiger partial charge in [-0.05, 0) is 12.8 Å². The average molecular weight is 468 g/mol. The number of nitrogens with one attached hydrogen (secondary N) is 1. The van der Waals surface area contributed by atoms with Crippen molar-refractivity contribution >= 4 is 23.4 Å². The van der Waals surface area contributed by atoms with Crippen LogP contribution >= 0.6 is 11.8 Å². The molecule has 1 aromatic rings. The van der Waals surface area contributed by atoms with Gasteiger partial charge >= 0.3 is 0 Å². The van der Waals surface area contributed by atoms with Crippen molar-refractivity contribution in [3.63, 3.8) is 0 Å². The highest BCUT2D eigenvalue weighted by molar-refractivity contribution is 8.01. The first-order chi connectivity index (χ1) is 15.3. The van der Waals surface area contributed by atoms with E-state index in [1.54, 1.807) is 33.5 Å². The highest BCUT2D eigenvalue weighted by Crippen LogP contribution is 2.40. The van der Waals surface area contributed by atoms with Crippen molar-refractivity contribution in [2.45, 2.75) is 102 Å². The van der Waals surface area contributed by atoms with Gasteiger partial charge in [0.15, 0.2) is 0 Å². The number of amides is 1. The average Bonchev–Trinajstić information content (AvgIpc) is 2.76. The normalized spacial score (nSPS) is 12.3. The number of ether oxygens (including phenoxy) is 3. The molecule has 1 atom stereocenters. The summed E-state index contributed by atoms with van der Waals surface area (Å²) in [7, 11) is 4.75. The van der Waals surface area contributed by atoms with Crippen LogP contribution in [0.25, 0.3) is 0 Å². The third kappa shape index (κ3) is 10.4. The number of unbranched alkanes of at least 4 members (excludes halogenated alkanes) is 5. The Morgan fingerprint density at radius 3 is 2.06 bits per heavy atom. The molecule has 5 nitrogen and oxygen atoms in total. The summed E-state index contributed by atoms with van der Waals surface area (Å²) in [6.07, 6.45) is 11.4. The van der Waals surface area contributed by atoms with Gasteiger partial charge in [0.05, 0.1) is 21.3 Å². The van der Waals surface area contributed by atoms with Gasteiger partial charge in [-0.15, -0.1) is 0 Å². The number of rotatable bonds is 17. The monoisotopic (exact) mass is 467 g/mol. The Bertz CT molecular complexity index is 653. The number of methoxy groups -OCH3 is 3. The molecule has 0 bridgehead atoms. The van der Waals surface area contributed by atoms with E-state index in [0.717, 1.165) is 12.8 Å². The zero-order chi connectivity index (χ0) is 24.0. The molecule has 0 heterocycles. The minimum absolute atomic E-state index is 0.0115. The van der Waals surface area contributed by atoms with E-state index in [9.17, 15) is 4.79 Å². The summed E-state index contributed by atoms with van der Waals surface area (Å²) in [5, 5.41) is 3.33. The second-order valence-electron chi connectivity index (χ2n) is 8.97. The van der Waals surface area contributed by atoms with Gasteiger partial charge in [0.1, 0.15) is 22.9 Å². The van der Waals surface area contributed by atoms with Crippen LogP contribution < -0.4 is 19.5 Å². The van der Waals surface area contributed by atoms with Gasteiger partial charge in [-0.2, -0.15) is 11.8 Å². The van der Waals surface area contributed by atoms with Crippen molar-refractivity contribution in [3.8, 4) is 17.2 Å². The molecule has 1 rings (SSSR count). The fourth-order valence-electron chi connectivity index (χ4n) is 3.84. The summed E-state index contributed by atoms with van der Waals surface area (Å²) in [6.45, 7) is 9.11. The fourth-order valence-corrected chi connectivity index (χ4v) is 5.52. The second-order valence-corrected chi connectivity index (χ2v) is 11.0. The van der Waals surface area contributed by atoms with Gasteiger partial charge in [-0.1, -0.05) is 72.6 Å². The maximum Gasteiger partial charge on any atom is 0.225 e. The SMILES string of the molecule is CCCCCCC(C)(C)SC(CCCCC)CC(=O)Nc1c(OC)cc(OC)cc1OC. The van der Waals surface area contributed by atoms with E-state index in [4.69, 9.17) is 14.2 Å². The molecule has 0 aliphatic carbocycles. The van der Waals surface area contributed by atoms with Gasteiger partial charge in [0, 0.05) is 28.6 Å². The first kappa shape index (κ1) is 28.5. The van der Waals surface area contributed by atoms with E-state index in [-0.39, 0.29) is 15.9 Å². The van der Waals surface area contributed by atoms with E-state index in [2.05, 4.69) is 33.0 Å². The van der Waals surface area contributed by atoms with Gasteiger partial charge in [-0.3, -0.25) is 4.79 Å². The topological polar surface area (TPSA) is 56.8 Å². The zero-order valence-corrected chi connectivity index (χ0v) is 22.2. The molecule has 0 aliphatic rings. The number of carbonyl (C=O) groups is 1. The van der Waals surface area contributed by atoms with Crippen molar-refractivity contribution in [1.29, 1.82) is 0 Å². The second kappa shape index (κ2) is 15.3. The molecular weight excluding hydrogens is 422 g/mol. The van der Waals surface area contributed by atoms with Crippen LogP contribution in [0.15, 0.2) is 12.1 Å². The van der Waals surface area contributed by atoms with E-state index in [0.29, 0.717) is 29.4 Å². The van der Waals surface area contributed by atoms with Crippen LogP contribution in [-0.4, -0.2) is 37.2 Å². The van der Waals surface area contributed by atoms with Crippen molar-refractivity contribution < 1.29 is 19.0 Å². The summed E-state index contributed by atoms with van der Waals surface area (Å²) in [6, 6.07) is 3.51. The predicted molar refractivity (Wildman–Crippen MR) is 138 cm³/mol. The minimum atomic E-state index is -0.0115. The van der Waals surface area contributed by atoms with Crippen LogP contribution in [0.5, 0.6) is 17.2 Å². The molecule has 0 aliphatic heterocycles.